The monoisotopic (exact) mass is 430 g/mol. The highest BCUT2D eigenvalue weighted by Gasteiger charge is 2.12. The van der Waals surface area contributed by atoms with Gasteiger partial charge in [-0.2, -0.15) is 9.78 Å². The van der Waals surface area contributed by atoms with Crippen LogP contribution in [0.1, 0.15) is 30.3 Å². The highest BCUT2D eigenvalue weighted by atomic mass is 79.9. The Morgan fingerprint density at radius 3 is 2.65 bits per heavy atom. The zero-order valence-electron chi connectivity index (χ0n) is 14.3. The largest absolute Gasteiger partial charge is 0.507 e. The van der Waals surface area contributed by atoms with Crippen LogP contribution >= 0.6 is 27.7 Å². The molecule has 0 unspecified atom stereocenters. The van der Waals surface area contributed by atoms with Crippen molar-refractivity contribution >= 4 is 33.9 Å². The van der Waals surface area contributed by atoms with Gasteiger partial charge in [-0.3, -0.25) is 0 Å². The van der Waals surface area contributed by atoms with Gasteiger partial charge in [0.15, 0.2) is 5.82 Å². The van der Waals surface area contributed by atoms with Crippen LogP contribution in [-0.4, -0.2) is 26.2 Å². The number of hydrogen-bond acceptors (Lipinski definition) is 5. The minimum absolute atomic E-state index is 0.199. The summed E-state index contributed by atoms with van der Waals surface area (Å²) in [5.41, 5.74) is 1.86. The Balaban J connectivity index is 1.81. The third kappa shape index (κ3) is 4.74. The van der Waals surface area contributed by atoms with Gasteiger partial charge < -0.3 is 5.11 Å². The van der Waals surface area contributed by atoms with Gasteiger partial charge in [0, 0.05) is 22.2 Å². The number of aromatic hydroxyl groups is 1. The fourth-order valence-corrected chi connectivity index (χ4v) is 3.45. The molecule has 0 aliphatic heterocycles. The van der Waals surface area contributed by atoms with Crippen molar-refractivity contribution in [3.63, 3.8) is 0 Å². The molecule has 0 atom stereocenters. The van der Waals surface area contributed by atoms with Gasteiger partial charge in [0.1, 0.15) is 5.75 Å². The van der Waals surface area contributed by atoms with Crippen molar-refractivity contribution in [3.8, 4) is 5.75 Å². The molecule has 0 saturated carbocycles. The Morgan fingerprint density at radius 2 is 1.92 bits per heavy atom. The van der Waals surface area contributed by atoms with Crippen molar-refractivity contribution in [2.45, 2.75) is 30.7 Å². The quantitative estimate of drug-likeness (QED) is 0.428. The topological polar surface area (TPSA) is 63.3 Å². The summed E-state index contributed by atoms with van der Waals surface area (Å²) in [5, 5.41) is 23.7. The van der Waals surface area contributed by atoms with E-state index in [1.54, 1.807) is 34.8 Å². The van der Waals surface area contributed by atoms with Gasteiger partial charge in [0.25, 0.3) is 0 Å². The van der Waals surface area contributed by atoms with Crippen LogP contribution in [0.3, 0.4) is 0 Å². The van der Waals surface area contributed by atoms with E-state index in [0.29, 0.717) is 5.56 Å². The first-order valence-corrected chi connectivity index (χ1v) is 10.1. The molecule has 1 aromatic heterocycles. The molecule has 2 aromatic carbocycles. The number of nitrogens with zero attached hydrogens (tertiary/aromatic N) is 4. The van der Waals surface area contributed by atoms with Crippen molar-refractivity contribution in [1.29, 1.82) is 0 Å². The number of thioether (sulfide) groups is 1. The van der Waals surface area contributed by atoms with E-state index in [4.69, 9.17) is 0 Å². The summed E-state index contributed by atoms with van der Waals surface area (Å²) in [4.78, 5) is 0. The van der Waals surface area contributed by atoms with Gasteiger partial charge >= 0.3 is 0 Å². The van der Waals surface area contributed by atoms with E-state index in [0.717, 1.165) is 34.0 Å². The number of aromatic nitrogens is 3. The second-order valence-electron chi connectivity index (χ2n) is 5.68. The Bertz CT molecular complexity index is 893. The molecule has 3 aromatic rings. The summed E-state index contributed by atoms with van der Waals surface area (Å²) in [7, 11) is 0. The summed E-state index contributed by atoms with van der Waals surface area (Å²) in [6.07, 6.45) is 3.40. The minimum Gasteiger partial charge on any atom is -0.507 e. The minimum atomic E-state index is 0.199. The standard InChI is InChI=1S/C19H19BrN4OS/c1-2-5-18-22-23-19(26-13-14-8-10-16(20)11-9-14)24(18)21-12-15-6-3-4-7-17(15)25/h3-4,6-12,25H,2,5,13H2,1H3/b21-12+. The number of para-hydroxylation sites is 1. The molecule has 0 aliphatic carbocycles. The van der Waals surface area contributed by atoms with Gasteiger partial charge in [-0.25, -0.2) is 0 Å². The van der Waals surface area contributed by atoms with Crippen molar-refractivity contribution in [3.05, 3.63) is 70.0 Å². The predicted molar refractivity (Wildman–Crippen MR) is 109 cm³/mol. The average Bonchev–Trinajstić information content (AvgIpc) is 3.03. The van der Waals surface area contributed by atoms with Crippen LogP contribution in [-0.2, 0) is 12.2 Å². The molecule has 0 amide bonds. The number of phenolic OH excluding ortho intramolecular Hbond substituents is 1. The van der Waals surface area contributed by atoms with Gasteiger partial charge in [-0.05, 0) is 36.2 Å². The van der Waals surface area contributed by atoms with Crippen LogP contribution in [0.4, 0.5) is 0 Å². The maximum absolute atomic E-state index is 9.91. The second kappa shape index (κ2) is 9.00. The summed E-state index contributed by atoms with van der Waals surface area (Å²) in [6, 6.07) is 15.3. The van der Waals surface area contributed by atoms with Gasteiger partial charge in [-0.1, -0.05) is 58.9 Å². The van der Waals surface area contributed by atoms with E-state index in [9.17, 15) is 5.11 Å². The summed E-state index contributed by atoms with van der Waals surface area (Å²) >= 11 is 5.04. The first-order chi connectivity index (χ1) is 12.7. The third-order valence-electron chi connectivity index (χ3n) is 3.68. The smallest absolute Gasteiger partial charge is 0.212 e. The lowest BCUT2D eigenvalue weighted by Crippen LogP contribution is -2.00. The fourth-order valence-electron chi connectivity index (χ4n) is 2.33. The fraction of sp³-hybridized carbons (Fsp3) is 0.211. The number of aryl methyl sites for hydroxylation is 1. The molecule has 7 heteroatoms. The molecule has 134 valence electrons. The molecule has 0 bridgehead atoms. The highest BCUT2D eigenvalue weighted by Crippen LogP contribution is 2.23. The lowest BCUT2D eigenvalue weighted by molar-refractivity contribution is 0.474. The number of rotatable bonds is 7. The van der Waals surface area contributed by atoms with E-state index < -0.39 is 0 Å². The molecule has 3 rings (SSSR count). The Labute approximate surface area is 165 Å². The van der Waals surface area contributed by atoms with Crippen molar-refractivity contribution < 1.29 is 5.11 Å². The molecule has 26 heavy (non-hydrogen) atoms. The first kappa shape index (κ1) is 18.7. The summed E-state index contributed by atoms with van der Waals surface area (Å²) < 4.78 is 2.83. The molecular formula is C19H19BrN4OS. The van der Waals surface area contributed by atoms with Crippen LogP contribution < -0.4 is 0 Å². The van der Waals surface area contributed by atoms with Crippen LogP contribution in [0.5, 0.6) is 5.75 Å². The lowest BCUT2D eigenvalue weighted by Gasteiger charge is -2.05. The van der Waals surface area contributed by atoms with E-state index in [1.165, 1.54) is 5.56 Å². The van der Waals surface area contributed by atoms with Crippen molar-refractivity contribution in [1.82, 2.24) is 14.9 Å². The summed E-state index contributed by atoms with van der Waals surface area (Å²) in [6.45, 7) is 2.10. The number of hydrogen-bond donors (Lipinski definition) is 1. The Hall–Kier alpha value is -2.12. The van der Waals surface area contributed by atoms with E-state index in [2.05, 4.69) is 50.3 Å². The number of benzene rings is 2. The van der Waals surface area contributed by atoms with Gasteiger partial charge in [0.2, 0.25) is 5.16 Å². The predicted octanol–water partition coefficient (Wildman–Crippen LogP) is 4.87. The van der Waals surface area contributed by atoms with Crippen molar-refractivity contribution in [2.75, 3.05) is 0 Å². The molecule has 0 fully saturated rings. The number of phenols is 1. The Morgan fingerprint density at radius 1 is 1.15 bits per heavy atom. The first-order valence-electron chi connectivity index (χ1n) is 8.31. The van der Waals surface area contributed by atoms with Crippen LogP contribution in [0.15, 0.2) is 63.3 Å². The molecular weight excluding hydrogens is 412 g/mol. The van der Waals surface area contributed by atoms with Crippen LogP contribution in [0.25, 0.3) is 0 Å². The molecule has 5 nitrogen and oxygen atoms in total. The summed E-state index contributed by atoms with van der Waals surface area (Å²) in [5.74, 6) is 1.80. The van der Waals surface area contributed by atoms with Crippen LogP contribution in [0.2, 0.25) is 0 Å². The normalized spacial score (nSPS) is 11.3. The second-order valence-corrected chi connectivity index (χ2v) is 7.54. The third-order valence-corrected chi connectivity index (χ3v) is 5.20. The Kier molecular flexibility index (Phi) is 6.46. The molecule has 0 radical (unpaired) electrons. The maximum atomic E-state index is 9.91. The zero-order valence-corrected chi connectivity index (χ0v) is 16.7. The molecule has 1 heterocycles. The van der Waals surface area contributed by atoms with E-state index in [1.807, 2.05) is 24.3 Å². The van der Waals surface area contributed by atoms with Crippen LogP contribution in [0, 0.1) is 0 Å². The molecule has 1 N–H and O–H groups in total. The van der Waals surface area contributed by atoms with E-state index >= 15 is 0 Å². The maximum Gasteiger partial charge on any atom is 0.212 e. The molecule has 0 aliphatic rings. The van der Waals surface area contributed by atoms with Gasteiger partial charge in [0.05, 0.1) is 6.21 Å². The van der Waals surface area contributed by atoms with E-state index in [-0.39, 0.29) is 5.75 Å². The molecule has 0 spiro atoms. The average molecular weight is 431 g/mol. The number of halogens is 1. The highest BCUT2D eigenvalue weighted by molar-refractivity contribution is 9.10. The SMILES string of the molecule is CCCc1nnc(SCc2ccc(Br)cc2)n1/N=C/c1ccccc1O. The van der Waals surface area contributed by atoms with Gasteiger partial charge in [-0.15, -0.1) is 10.2 Å². The molecule has 0 saturated heterocycles. The lowest BCUT2D eigenvalue weighted by atomic mass is 10.2. The van der Waals surface area contributed by atoms with Crippen molar-refractivity contribution in [2.24, 2.45) is 5.10 Å². The zero-order chi connectivity index (χ0) is 18.4.